The fourth-order valence-electron chi connectivity index (χ4n) is 3.28. The van der Waals surface area contributed by atoms with Crippen LogP contribution in [-0.4, -0.2) is 44.0 Å². The number of ether oxygens (including phenoxy) is 2. The molecule has 0 radical (unpaired) electrons. The minimum Gasteiger partial charge on any atom is -0.497 e. The molecule has 1 aliphatic heterocycles. The van der Waals surface area contributed by atoms with Crippen molar-refractivity contribution < 1.29 is 19.1 Å². The fourth-order valence-corrected chi connectivity index (χ4v) is 3.28. The number of para-hydroxylation sites is 2. The van der Waals surface area contributed by atoms with E-state index in [1.165, 1.54) is 0 Å². The van der Waals surface area contributed by atoms with Crippen molar-refractivity contribution in [2.45, 2.75) is 12.8 Å². The Bertz CT molecular complexity index is 796. The van der Waals surface area contributed by atoms with Gasteiger partial charge in [-0.15, -0.1) is 0 Å². The molecule has 3 rings (SSSR count). The summed E-state index contributed by atoms with van der Waals surface area (Å²) in [5, 5.41) is 2.88. The minimum absolute atomic E-state index is 0.0614. The Kier molecular flexibility index (Phi) is 5.96. The summed E-state index contributed by atoms with van der Waals surface area (Å²) in [6, 6.07) is 14.3. The molecule has 6 nitrogen and oxygen atoms in total. The lowest BCUT2D eigenvalue weighted by Crippen LogP contribution is -2.42. The van der Waals surface area contributed by atoms with Gasteiger partial charge in [0.2, 0.25) is 0 Å². The maximum Gasteiger partial charge on any atom is 0.321 e. The Hall–Kier alpha value is -3.02. The summed E-state index contributed by atoms with van der Waals surface area (Å²) in [6.45, 7) is 1.10. The van der Waals surface area contributed by atoms with Gasteiger partial charge in [0.15, 0.2) is 5.78 Å². The van der Waals surface area contributed by atoms with Crippen LogP contribution in [0.3, 0.4) is 0 Å². The lowest BCUT2D eigenvalue weighted by atomic mass is 9.89. The first-order chi connectivity index (χ1) is 13.1. The van der Waals surface area contributed by atoms with E-state index < -0.39 is 0 Å². The molecule has 0 unspecified atom stereocenters. The van der Waals surface area contributed by atoms with Crippen LogP contribution in [0.25, 0.3) is 0 Å². The number of likely N-dealkylation sites (tertiary alicyclic amines) is 1. The van der Waals surface area contributed by atoms with E-state index in [2.05, 4.69) is 5.32 Å². The maximum absolute atomic E-state index is 12.7. The normalized spacial score (nSPS) is 14.5. The average Bonchev–Trinajstić information content (AvgIpc) is 2.73. The summed E-state index contributed by atoms with van der Waals surface area (Å²) in [5.41, 5.74) is 1.33. The van der Waals surface area contributed by atoms with Crippen molar-refractivity contribution in [3.63, 3.8) is 0 Å². The van der Waals surface area contributed by atoms with Crippen LogP contribution in [0, 0.1) is 5.92 Å². The molecule has 2 amide bonds. The number of urea groups is 1. The molecule has 1 aliphatic rings. The van der Waals surface area contributed by atoms with Crippen molar-refractivity contribution in [1.29, 1.82) is 0 Å². The number of hydrogen-bond donors (Lipinski definition) is 1. The standard InChI is InChI=1S/C21H24N2O4/c1-26-17-9-7-15(8-10-17)20(24)16-11-13-23(14-12-16)21(25)22-18-5-3-4-6-19(18)27-2/h3-10,16H,11-14H2,1-2H3,(H,22,25). The first-order valence-electron chi connectivity index (χ1n) is 8.99. The van der Waals surface area contributed by atoms with Gasteiger partial charge in [0.1, 0.15) is 11.5 Å². The van der Waals surface area contributed by atoms with Crippen molar-refractivity contribution in [3.8, 4) is 11.5 Å². The zero-order valence-electron chi connectivity index (χ0n) is 15.6. The lowest BCUT2D eigenvalue weighted by molar-refractivity contribution is 0.0859. The van der Waals surface area contributed by atoms with Crippen LogP contribution in [0.15, 0.2) is 48.5 Å². The smallest absolute Gasteiger partial charge is 0.321 e. The number of piperidine rings is 1. The molecule has 0 atom stereocenters. The lowest BCUT2D eigenvalue weighted by Gasteiger charge is -2.31. The molecule has 0 aliphatic carbocycles. The van der Waals surface area contributed by atoms with E-state index in [1.807, 2.05) is 12.1 Å². The van der Waals surface area contributed by atoms with Crippen molar-refractivity contribution in [2.75, 3.05) is 32.6 Å². The first-order valence-corrected chi connectivity index (χ1v) is 8.99. The summed E-state index contributed by atoms with van der Waals surface area (Å²) in [7, 11) is 3.17. The number of rotatable bonds is 5. The predicted octanol–water partition coefficient (Wildman–Crippen LogP) is 3.83. The number of hydrogen-bond acceptors (Lipinski definition) is 4. The molecule has 0 saturated carbocycles. The molecule has 0 bridgehead atoms. The van der Waals surface area contributed by atoms with Gasteiger partial charge in [-0.3, -0.25) is 4.79 Å². The van der Waals surface area contributed by atoms with Crippen molar-refractivity contribution >= 4 is 17.5 Å². The second-order valence-electron chi connectivity index (χ2n) is 6.48. The zero-order chi connectivity index (χ0) is 19.2. The third kappa shape index (κ3) is 4.39. The Morgan fingerprint density at radius 3 is 2.26 bits per heavy atom. The molecule has 1 saturated heterocycles. The van der Waals surface area contributed by atoms with Crippen LogP contribution < -0.4 is 14.8 Å². The average molecular weight is 368 g/mol. The van der Waals surface area contributed by atoms with E-state index in [4.69, 9.17) is 9.47 Å². The molecular weight excluding hydrogens is 344 g/mol. The number of methoxy groups -OCH3 is 2. The van der Waals surface area contributed by atoms with Crippen molar-refractivity contribution in [3.05, 3.63) is 54.1 Å². The number of nitrogens with one attached hydrogen (secondary N) is 1. The Labute approximate surface area is 159 Å². The van der Waals surface area contributed by atoms with Crippen LogP contribution >= 0.6 is 0 Å². The molecule has 6 heteroatoms. The molecular formula is C21H24N2O4. The molecule has 0 spiro atoms. The number of carbonyl (C=O) groups excluding carboxylic acids is 2. The number of anilines is 1. The molecule has 142 valence electrons. The van der Waals surface area contributed by atoms with Crippen LogP contribution in [0.1, 0.15) is 23.2 Å². The van der Waals surface area contributed by atoms with Gasteiger partial charge in [0.05, 0.1) is 19.9 Å². The van der Waals surface area contributed by atoms with Gasteiger partial charge in [0.25, 0.3) is 0 Å². The summed E-state index contributed by atoms with van der Waals surface area (Å²) in [4.78, 5) is 26.9. The fraction of sp³-hybridized carbons (Fsp3) is 0.333. The van der Waals surface area contributed by atoms with Crippen LogP contribution in [-0.2, 0) is 0 Å². The highest BCUT2D eigenvalue weighted by Crippen LogP contribution is 2.26. The van der Waals surface area contributed by atoms with Crippen LogP contribution in [0.5, 0.6) is 11.5 Å². The Morgan fingerprint density at radius 1 is 0.963 bits per heavy atom. The van der Waals surface area contributed by atoms with Crippen molar-refractivity contribution in [1.82, 2.24) is 4.90 Å². The van der Waals surface area contributed by atoms with Crippen molar-refractivity contribution in [2.24, 2.45) is 5.92 Å². The van der Waals surface area contributed by atoms with E-state index in [-0.39, 0.29) is 17.7 Å². The van der Waals surface area contributed by atoms with E-state index >= 15 is 0 Å². The van der Waals surface area contributed by atoms with Gasteiger partial charge in [-0.25, -0.2) is 4.79 Å². The number of benzene rings is 2. The predicted molar refractivity (Wildman–Crippen MR) is 104 cm³/mol. The number of amides is 2. The minimum atomic E-state index is -0.171. The topological polar surface area (TPSA) is 67.9 Å². The zero-order valence-corrected chi connectivity index (χ0v) is 15.6. The van der Waals surface area contributed by atoms with Gasteiger partial charge in [0, 0.05) is 24.6 Å². The van der Waals surface area contributed by atoms with E-state index in [9.17, 15) is 9.59 Å². The quantitative estimate of drug-likeness (QED) is 0.815. The molecule has 2 aromatic carbocycles. The number of carbonyl (C=O) groups is 2. The van der Waals surface area contributed by atoms with Gasteiger partial charge >= 0.3 is 6.03 Å². The Morgan fingerprint density at radius 2 is 1.63 bits per heavy atom. The summed E-state index contributed by atoms with van der Waals surface area (Å²) in [6.07, 6.45) is 1.31. The number of nitrogens with zero attached hydrogens (tertiary/aromatic N) is 1. The van der Waals surface area contributed by atoms with E-state index in [0.29, 0.717) is 42.9 Å². The summed E-state index contributed by atoms with van der Waals surface area (Å²) in [5.74, 6) is 1.42. The van der Waals surface area contributed by atoms with E-state index in [1.54, 1.807) is 55.5 Å². The maximum atomic E-state index is 12.7. The summed E-state index contributed by atoms with van der Waals surface area (Å²) >= 11 is 0. The number of ketones is 1. The SMILES string of the molecule is COc1ccc(C(=O)C2CCN(C(=O)Nc3ccccc3OC)CC2)cc1. The third-order valence-corrected chi connectivity index (χ3v) is 4.88. The second kappa shape index (κ2) is 8.58. The molecule has 0 aromatic heterocycles. The summed E-state index contributed by atoms with van der Waals surface area (Å²) < 4.78 is 10.4. The highest BCUT2D eigenvalue weighted by molar-refractivity contribution is 5.98. The highest BCUT2D eigenvalue weighted by Gasteiger charge is 2.28. The highest BCUT2D eigenvalue weighted by atomic mass is 16.5. The number of Topliss-reactive ketones (excluding diaryl/α,β-unsaturated/α-hetero) is 1. The molecule has 1 N–H and O–H groups in total. The molecule has 27 heavy (non-hydrogen) atoms. The van der Waals surface area contributed by atoms with Crippen LogP contribution in [0.4, 0.5) is 10.5 Å². The van der Waals surface area contributed by atoms with Gasteiger partial charge in [-0.2, -0.15) is 0 Å². The Balaban J connectivity index is 1.56. The van der Waals surface area contributed by atoms with Crippen LogP contribution in [0.2, 0.25) is 0 Å². The first kappa shape index (κ1) is 18.8. The molecule has 1 fully saturated rings. The largest absolute Gasteiger partial charge is 0.497 e. The van der Waals surface area contributed by atoms with Gasteiger partial charge in [-0.05, 0) is 49.2 Å². The van der Waals surface area contributed by atoms with Gasteiger partial charge < -0.3 is 19.7 Å². The molecule has 1 heterocycles. The monoisotopic (exact) mass is 368 g/mol. The second-order valence-corrected chi connectivity index (χ2v) is 6.48. The van der Waals surface area contributed by atoms with Gasteiger partial charge in [-0.1, -0.05) is 12.1 Å². The molecule has 2 aromatic rings. The third-order valence-electron chi connectivity index (χ3n) is 4.88. The van der Waals surface area contributed by atoms with E-state index in [0.717, 1.165) is 5.75 Å².